The van der Waals surface area contributed by atoms with E-state index in [9.17, 15) is 23.1 Å². The van der Waals surface area contributed by atoms with E-state index in [-0.39, 0.29) is 40.2 Å². The van der Waals surface area contributed by atoms with E-state index in [1.807, 2.05) is 18.7 Å². The summed E-state index contributed by atoms with van der Waals surface area (Å²) >= 11 is 0. The maximum atomic E-state index is 14.9. The summed E-state index contributed by atoms with van der Waals surface area (Å²) in [6, 6.07) is 6.86. The van der Waals surface area contributed by atoms with Crippen molar-refractivity contribution in [1.82, 2.24) is 14.9 Å². The first kappa shape index (κ1) is 25.8. The Kier molecular flexibility index (Phi) is 7.11. The van der Waals surface area contributed by atoms with Crippen LogP contribution >= 0.6 is 0 Å². The van der Waals surface area contributed by atoms with Gasteiger partial charge in [0.2, 0.25) is 5.95 Å². The van der Waals surface area contributed by atoms with Crippen molar-refractivity contribution >= 4 is 23.2 Å². The second kappa shape index (κ2) is 10.5. The fourth-order valence-electron chi connectivity index (χ4n) is 4.74. The molecule has 3 heterocycles. The summed E-state index contributed by atoms with van der Waals surface area (Å²) < 4.78 is 50.1. The molecule has 200 valence electrons. The third-order valence-corrected chi connectivity index (χ3v) is 6.76. The Bertz CT molecular complexity index is 1360. The van der Waals surface area contributed by atoms with Crippen molar-refractivity contribution in [3.05, 3.63) is 59.5 Å². The number of piperidine rings is 1. The normalized spacial score (nSPS) is 15.9. The number of halogens is 3. The van der Waals surface area contributed by atoms with Gasteiger partial charge in [0.05, 0.1) is 30.1 Å². The van der Waals surface area contributed by atoms with Crippen LogP contribution in [0.2, 0.25) is 0 Å². The van der Waals surface area contributed by atoms with Gasteiger partial charge in [0.25, 0.3) is 5.91 Å². The number of hydrogen-bond donors (Lipinski definition) is 2. The molecule has 5 rings (SSSR count). The Morgan fingerprint density at radius 3 is 2.55 bits per heavy atom. The number of carbonyl (C=O) groups is 1. The Morgan fingerprint density at radius 2 is 1.84 bits per heavy atom. The number of fused-ring (bicyclic) bond motifs is 1. The van der Waals surface area contributed by atoms with Gasteiger partial charge in [-0.05, 0) is 57.0 Å². The number of nitrogens with zero attached hydrogens (tertiary/aromatic N) is 4. The molecule has 0 radical (unpaired) electrons. The van der Waals surface area contributed by atoms with E-state index in [0.717, 1.165) is 18.3 Å². The number of benzene rings is 2. The van der Waals surface area contributed by atoms with E-state index in [0.29, 0.717) is 44.8 Å². The van der Waals surface area contributed by atoms with Gasteiger partial charge in [-0.25, -0.2) is 23.1 Å². The number of aromatic nitrogens is 2. The topological polar surface area (TPSA) is 90.8 Å². The number of aliphatic hydroxyl groups excluding tert-OH is 1. The van der Waals surface area contributed by atoms with Crippen LogP contribution in [-0.4, -0.2) is 64.3 Å². The zero-order valence-corrected chi connectivity index (χ0v) is 21.0. The molecule has 1 fully saturated rings. The van der Waals surface area contributed by atoms with Crippen molar-refractivity contribution in [2.75, 3.05) is 36.5 Å². The summed E-state index contributed by atoms with van der Waals surface area (Å²) in [7, 11) is 0. The van der Waals surface area contributed by atoms with Gasteiger partial charge in [0.15, 0.2) is 17.4 Å². The van der Waals surface area contributed by atoms with E-state index in [4.69, 9.17) is 4.74 Å². The van der Waals surface area contributed by atoms with Crippen molar-refractivity contribution in [2.24, 2.45) is 0 Å². The molecule has 0 unspecified atom stereocenters. The molecular weight excluding hydrogens is 499 g/mol. The van der Waals surface area contributed by atoms with E-state index in [2.05, 4.69) is 15.3 Å². The molecule has 3 aromatic rings. The van der Waals surface area contributed by atoms with Gasteiger partial charge in [0, 0.05) is 30.4 Å². The number of likely N-dealkylation sites (tertiary alicyclic amines) is 1. The van der Waals surface area contributed by atoms with Crippen LogP contribution in [0.3, 0.4) is 0 Å². The molecular formula is C27H28F3N5O3. The highest BCUT2D eigenvalue weighted by Crippen LogP contribution is 2.39. The predicted molar refractivity (Wildman–Crippen MR) is 136 cm³/mol. The molecule has 0 saturated carbocycles. The summed E-state index contributed by atoms with van der Waals surface area (Å²) in [4.78, 5) is 24.3. The maximum Gasteiger partial charge on any atom is 0.256 e. The molecule has 1 saturated heterocycles. The van der Waals surface area contributed by atoms with Crippen molar-refractivity contribution in [1.29, 1.82) is 0 Å². The standard InChI is InChI=1S/C27H28F3N5O3/c1-15(2)35-9-10-38-25-21(29)11-16(12-23(25)35)24-22(30)14-31-27(33-24)32-17-3-4-19(20(28)13-17)26(37)34-7-5-18(36)6-8-34/h3-4,11-15,18,36H,5-10H2,1-2H3,(H,31,32,33). The van der Waals surface area contributed by atoms with E-state index >= 15 is 0 Å². The molecule has 2 N–H and O–H groups in total. The SMILES string of the molecule is CC(C)N1CCOc2c(F)cc(-c3nc(Nc4ccc(C(=O)N5CCC(O)CC5)c(F)c4)ncc3F)cc21. The van der Waals surface area contributed by atoms with Crippen LogP contribution in [0.5, 0.6) is 5.75 Å². The van der Waals surface area contributed by atoms with E-state index in [1.165, 1.54) is 17.0 Å². The number of nitrogens with one attached hydrogen (secondary N) is 1. The summed E-state index contributed by atoms with van der Waals surface area (Å²) in [6.45, 7) is 5.57. The lowest BCUT2D eigenvalue weighted by Crippen LogP contribution is -2.40. The lowest BCUT2D eigenvalue weighted by molar-refractivity contribution is 0.0543. The summed E-state index contributed by atoms with van der Waals surface area (Å²) in [5.41, 5.74) is 0.757. The van der Waals surface area contributed by atoms with Crippen molar-refractivity contribution < 1.29 is 27.8 Å². The molecule has 0 aliphatic carbocycles. The number of ether oxygens (including phenoxy) is 1. The summed E-state index contributed by atoms with van der Waals surface area (Å²) in [5, 5.41) is 12.5. The van der Waals surface area contributed by atoms with Crippen LogP contribution in [-0.2, 0) is 0 Å². The number of aliphatic hydroxyl groups is 1. The third-order valence-electron chi connectivity index (χ3n) is 6.76. The molecule has 1 amide bonds. The Morgan fingerprint density at radius 1 is 1.08 bits per heavy atom. The fourth-order valence-corrected chi connectivity index (χ4v) is 4.74. The van der Waals surface area contributed by atoms with Gasteiger partial charge in [0.1, 0.15) is 18.1 Å². The molecule has 0 bridgehead atoms. The largest absolute Gasteiger partial charge is 0.486 e. The highest BCUT2D eigenvalue weighted by molar-refractivity contribution is 5.95. The third kappa shape index (κ3) is 5.10. The number of hydrogen-bond acceptors (Lipinski definition) is 7. The summed E-state index contributed by atoms with van der Waals surface area (Å²) in [5.74, 6) is -2.47. The predicted octanol–water partition coefficient (Wildman–Crippen LogP) is 4.51. The minimum atomic E-state index is -0.749. The van der Waals surface area contributed by atoms with Gasteiger partial charge in [-0.1, -0.05) is 0 Å². The maximum absolute atomic E-state index is 14.9. The first-order valence-electron chi connectivity index (χ1n) is 12.5. The quantitative estimate of drug-likeness (QED) is 0.505. The first-order valence-corrected chi connectivity index (χ1v) is 12.5. The number of amides is 1. The average Bonchev–Trinajstić information content (AvgIpc) is 2.89. The van der Waals surface area contributed by atoms with Crippen LogP contribution in [0.1, 0.15) is 37.0 Å². The molecule has 0 atom stereocenters. The number of carbonyl (C=O) groups excluding carboxylic acids is 1. The first-order chi connectivity index (χ1) is 18.2. The van der Waals surface area contributed by atoms with Crippen LogP contribution < -0.4 is 15.0 Å². The second-order valence-corrected chi connectivity index (χ2v) is 9.68. The molecule has 38 heavy (non-hydrogen) atoms. The molecule has 8 nitrogen and oxygen atoms in total. The van der Waals surface area contributed by atoms with Gasteiger partial charge in [-0.2, -0.15) is 0 Å². The fraction of sp³-hybridized carbons (Fsp3) is 0.370. The molecule has 2 aliphatic rings. The van der Waals surface area contributed by atoms with Crippen molar-refractivity contribution in [3.63, 3.8) is 0 Å². The lowest BCUT2D eigenvalue weighted by Gasteiger charge is -2.34. The highest BCUT2D eigenvalue weighted by atomic mass is 19.1. The Labute approximate surface area is 218 Å². The minimum Gasteiger partial charge on any atom is -0.486 e. The monoisotopic (exact) mass is 527 g/mol. The molecule has 11 heteroatoms. The summed E-state index contributed by atoms with van der Waals surface area (Å²) in [6.07, 6.45) is 1.41. The second-order valence-electron chi connectivity index (χ2n) is 9.68. The number of anilines is 3. The molecule has 2 aliphatic heterocycles. The van der Waals surface area contributed by atoms with Gasteiger partial charge < -0.3 is 25.0 Å². The smallest absolute Gasteiger partial charge is 0.256 e. The minimum absolute atomic E-state index is 0.0278. The van der Waals surface area contributed by atoms with Crippen molar-refractivity contribution in [3.8, 4) is 17.0 Å². The number of rotatable bonds is 5. The molecule has 1 aromatic heterocycles. The van der Waals surface area contributed by atoms with E-state index in [1.54, 1.807) is 6.07 Å². The van der Waals surface area contributed by atoms with Gasteiger partial charge in [-0.3, -0.25) is 4.79 Å². The van der Waals surface area contributed by atoms with Crippen LogP contribution in [0.15, 0.2) is 36.5 Å². The zero-order chi connectivity index (χ0) is 27.0. The van der Waals surface area contributed by atoms with Gasteiger partial charge >= 0.3 is 0 Å². The van der Waals surface area contributed by atoms with Crippen LogP contribution in [0, 0.1) is 17.5 Å². The van der Waals surface area contributed by atoms with Gasteiger partial charge in [-0.15, -0.1) is 0 Å². The Hall–Kier alpha value is -3.86. The molecule has 2 aromatic carbocycles. The Balaban J connectivity index is 1.39. The highest BCUT2D eigenvalue weighted by Gasteiger charge is 2.26. The van der Waals surface area contributed by atoms with Crippen LogP contribution in [0.4, 0.5) is 30.5 Å². The van der Waals surface area contributed by atoms with Crippen LogP contribution in [0.25, 0.3) is 11.3 Å². The zero-order valence-electron chi connectivity index (χ0n) is 21.0. The average molecular weight is 528 g/mol. The van der Waals surface area contributed by atoms with E-state index < -0.39 is 29.5 Å². The molecule has 0 spiro atoms. The van der Waals surface area contributed by atoms with Crippen molar-refractivity contribution in [2.45, 2.75) is 38.8 Å². The lowest BCUT2D eigenvalue weighted by atomic mass is 10.1.